The molecule has 21 heavy (non-hydrogen) atoms. The maximum Gasteiger partial charge on any atom is 0.0351 e. The lowest BCUT2D eigenvalue weighted by Crippen LogP contribution is -2.52. The van der Waals surface area contributed by atoms with E-state index in [1.165, 1.54) is 43.5 Å². The summed E-state index contributed by atoms with van der Waals surface area (Å²) in [5, 5.41) is 0. The standard InChI is InChI=1S/C18H29N3/c1-15(2)20-10-5-8-18(14-19,9-11-20)21-12-16-6-3-4-7-17(16)13-21/h3-4,6-7,15H,5,8-14,19H2,1-2H3. The van der Waals surface area contributed by atoms with Gasteiger partial charge >= 0.3 is 0 Å². The van der Waals surface area contributed by atoms with Gasteiger partial charge in [-0.2, -0.15) is 0 Å². The normalized spacial score (nSPS) is 27.8. The van der Waals surface area contributed by atoms with E-state index in [4.69, 9.17) is 5.73 Å². The van der Waals surface area contributed by atoms with E-state index >= 15 is 0 Å². The van der Waals surface area contributed by atoms with Gasteiger partial charge in [-0.15, -0.1) is 0 Å². The molecule has 1 saturated heterocycles. The highest BCUT2D eigenvalue weighted by atomic mass is 15.2. The Kier molecular flexibility index (Phi) is 4.34. The SMILES string of the molecule is CC(C)N1CCCC(CN)(N2Cc3ccccc3C2)CC1. The summed E-state index contributed by atoms with van der Waals surface area (Å²) in [6, 6.07) is 9.51. The van der Waals surface area contributed by atoms with E-state index < -0.39 is 0 Å². The summed E-state index contributed by atoms with van der Waals surface area (Å²) in [5.41, 5.74) is 9.47. The van der Waals surface area contributed by atoms with Crippen LogP contribution in [0, 0.1) is 0 Å². The number of benzene rings is 1. The molecule has 0 aliphatic carbocycles. The first kappa shape index (κ1) is 15.0. The van der Waals surface area contributed by atoms with E-state index in [2.05, 4.69) is 47.9 Å². The van der Waals surface area contributed by atoms with E-state index in [0.29, 0.717) is 6.04 Å². The second-order valence-corrected chi connectivity index (χ2v) is 7.04. The highest BCUT2D eigenvalue weighted by molar-refractivity contribution is 5.31. The Morgan fingerprint density at radius 2 is 1.76 bits per heavy atom. The molecule has 3 rings (SSSR count). The van der Waals surface area contributed by atoms with E-state index in [1.807, 2.05) is 0 Å². The molecule has 1 atom stereocenters. The average molecular weight is 287 g/mol. The third-order valence-electron chi connectivity index (χ3n) is 5.57. The lowest BCUT2D eigenvalue weighted by Gasteiger charge is -2.41. The minimum absolute atomic E-state index is 0.197. The van der Waals surface area contributed by atoms with Crippen LogP contribution in [0.25, 0.3) is 0 Å². The van der Waals surface area contributed by atoms with Crippen molar-refractivity contribution in [2.45, 2.75) is 57.8 Å². The molecule has 3 heteroatoms. The van der Waals surface area contributed by atoms with Crippen LogP contribution >= 0.6 is 0 Å². The van der Waals surface area contributed by atoms with E-state index in [1.54, 1.807) is 0 Å². The van der Waals surface area contributed by atoms with Gasteiger partial charge in [0, 0.05) is 37.8 Å². The molecule has 2 N–H and O–H groups in total. The number of rotatable bonds is 3. The quantitative estimate of drug-likeness (QED) is 0.927. The molecule has 2 aliphatic heterocycles. The molecule has 0 saturated carbocycles. The average Bonchev–Trinajstić information content (AvgIpc) is 2.80. The molecule has 1 aromatic carbocycles. The van der Waals surface area contributed by atoms with Gasteiger partial charge in [0.2, 0.25) is 0 Å². The number of likely N-dealkylation sites (tertiary alicyclic amines) is 1. The van der Waals surface area contributed by atoms with Crippen molar-refractivity contribution < 1.29 is 0 Å². The molecule has 0 aromatic heterocycles. The van der Waals surface area contributed by atoms with Crippen molar-refractivity contribution in [2.24, 2.45) is 5.73 Å². The Morgan fingerprint density at radius 3 is 2.33 bits per heavy atom. The Hall–Kier alpha value is -0.900. The molecule has 0 radical (unpaired) electrons. The zero-order valence-corrected chi connectivity index (χ0v) is 13.5. The zero-order chi connectivity index (χ0) is 14.9. The van der Waals surface area contributed by atoms with Crippen LogP contribution < -0.4 is 5.73 Å². The first-order valence-electron chi connectivity index (χ1n) is 8.40. The summed E-state index contributed by atoms with van der Waals surface area (Å²) in [6.45, 7) is 9.96. The summed E-state index contributed by atoms with van der Waals surface area (Å²) >= 11 is 0. The van der Waals surface area contributed by atoms with E-state index in [0.717, 1.165) is 19.6 Å². The van der Waals surface area contributed by atoms with Crippen LogP contribution in [0.2, 0.25) is 0 Å². The van der Waals surface area contributed by atoms with Crippen molar-refractivity contribution in [2.75, 3.05) is 19.6 Å². The molecule has 1 unspecified atom stereocenters. The van der Waals surface area contributed by atoms with Crippen LogP contribution in [-0.4, -0.2) is 41.0 Å². The van der Waals surface area contributed by atoms with Crippen LogP contribution in [0.3, 0.4) is 0 Å². The van der Waals surface area contributed by atoms with Crippen LogP contribution in [0.1, 0.15) is 44.2 Å². The maximum absolute atomic E-state index is 6.28. The monoisotopic (exact) mass is 287 g/mol. The molecule has 0 amide bonds. The fourth-order valence-corrected chi connectivity index (χ4v) is 4.03. The van der Waals surface area contributed by atoms with Crippen molar-refractivity contribution in [3.05, 3.63) is 35.4 Å². The van der Waals surface area contributed by atoms with Gasteiger partial charge in [0.15, 0.2) is 0 Å². The highest BCUT2D eigenvalue weighted by Crippen LogP contribution is 2.35. The molecule has 0 spiro atoms. The number of nitrogens with two attached hydrogens (primary N) is 1. The van der Waals surface area contributed by atoms with Gasteiger partial charge in [0.05, 0.1) is 0 Å². The van der Waals surface area contributed by atoms with Crippen LogP contribution in [0.5, 0.6) is 0 Å². The molecule has 0 bridgehead atoms. The van der Waals surface area contributed by atoms with Gasteiger partial charge in [0.1, 0.15) is 0 Å². The predicted octanol–water partition coefficient (Wildman–Crippen LogP) is 2.59. The van der Waals surface area contributed by atoms with Gasteiger partial charge in [-0.3, -0.25) is 4.90 Å². The van der Waals surface area contributed by atoms with E-state index in [-0.39, 0.29) is 5.54 Å². The first-order chi connectivity index (χ1) is 10.1. The smallest absolute Gasteiger partial charge is 0.0351 e. The second kappa shape index (κ2) is 6.07. The predicted molar refractivity (Wildman–Crippen MR) is 88.0 cm³/mol. The maximum atomic E-state index is 6.28. The fraction of sp³-hybridized carbons (Fsp3) is 0.667. The minimum Gasteiger partial charge on any atom is -0.329 e. The molecular weight excluding hydrogens is 258 g/mol. The Balaban J connectivity index is 1.76. The first-order valence-corrected chi connectivity index (χ1v) is 8.40. The third kappa shape index (κ3) is 2.87. The van der Waals surface area contributed by atoms with Gasteiger partial charge in [-0.1, -0.05) is 24.3 Å². The van der Waals surface area contributed by atoms with Crippen molar-refractivity contribution in [3.63, 3.8) is 0 Å². The number of fused-ring (bicyclic) bond motifs is 1. The summed E-state index contributed by atoms with van der Waals surface area (Å²) in [7, 11) is 0. The van der Waals surface area contributed by atoms with Crippen LogP contribution in [0.4, 0.5) is 0 Å². The van der Waals surface area contributed by atoms with Gasteiger partial charge in [0.25, 0.3) is 0 Å². The van der Waals surface area contributed by atoms with Gasteiger partial charge in [-0.25, -0.2) is 0 Å². The molecule has 1 fully saturated rings. The van der Waals surface area contributed by atoms with Crippen molar-refractivity contribution in [1.82, 2.24) is 9.80 Å². The Labute approximate surface area is 129 Å². The number of hydrogen-bond acceptors (Lipinski definition) is 3. The lowest BCUT2D eigenvalue weighted by atomic mass is 9.88. The molecule has 2 aliphatic rings. The number of nitrogens with zero attached hydrogens (tertiary/aromatic N) is 2. The molecule has 1 aromatic rings. The number of hydrogen-bond donors (Lipinski definition) is 1. The summed E-state index contributed by atoms with van der Waals surface area (Å²) < 4.78 is 0. The van der Waals surface area contributed by atoms with Crippen molar-refractivity contribution >= 4 is 0 Å². The molecule has 3 nitrogen and oxygen atoms in total. The topological polar surface area (TPSA) is 32.5 Å². The van der Waals surface area contributed by atoms with Crippen LogP contribution in [-0.2, 0) is 13.1 Å². The Bertz CT molecular complexity index is 460. The zero-order valence-electron chi connectivity index (χ0n) is 13.5. The summed E-state index contributed by atoms with van der Waals surface area (Å²) in [5.74, 6) is 0. The van der Waals surface area contributed by atoms with Crippen LogP contribution in [0.15, 0.2) is 24.3 Å². The largest absolute Gasteiger partial charge is 0.329 e. The minimum atomic E-state index is 0.197. The summed E-state index contributed by atoms with van der Waals surface area (Å²) in [6.07, 6.45) is 3.71. The van der Waals surface area contributed by atoms with Gasteiger partial charge < -0.3 is 10.6 Å². The highest BCUT2D eigenvalue weighted by Gasteiger charge is 2.39. The molecule has 2 heterocycles. The molecule has 116 valence electrons. The van der Waals surface area contributed by atoms with Gasteiger partial charge in [-0.05, 0) is 50.8 Å². The van der Waals surface area contributed by atoms with E-state index in [9.17, 15) is 0 Å². The Morgan fingerprint density at radius 1 is 1.10 bits per heavy atom. The van der Waals surface area contributed by atoms with Crippen molar-refractivity contribution in [3.8, 4) is 0 Å². The van der Waals surface area contributed by atoms with Crippen molar-refractivity contribution in [1.29, 1.82) is 0 Å². The second-order valence-electron chi connectivity index (χ2n) is 7.04. The molecular formula is C18H29N3. The summed E-state index contributed by atoms with van der Waals surface area (Å²) in [4.78, 5) is 5.27. The fourth-order valence-electron chi connectivity index (χ4n) is 4.03. The lowest BCUT2D eigenvalue weighted by molar-refractivity contribution is 0.0737. The third-order valence-corrected chi connectivity index (χ3v) is 5.57.